The Bertz CT molecular complexity index is 1050. The van der Waals surface area contributed by atoms with Gasteiger partial charge in [-0.15, -0.1) is 0 Å². The highest BCUT2D eigenvalue weighted by Crippen LogP contribution is 2.50. The predicted molar refractivity (Wildman–Crippen MR) is 97.7 cm³/mol. The molecule has 124 valence electrons. The van der Waals surface area contributed by atoms with Crippen LogP contribution in [0, 0.1) is 6.92 Å². The second-order valence-electron chi connectivity index (χ2n) is 7.58. The molecular formula is C21H25N2O+. The molecule has 24 heavy (non-hydrogen) atoms. The molecule has 2 unspecified atom stereocenters. The molecule has 2 aromatic heterocycles. The summed E-state index contributed by atoms with van der Waals surface area (Å²) >= 11 is 0. The molecule has 0 saturated heterocycles. The summed E-state index contributed by atoms with van der Waals surface area (Å²) in [4.78, 5) is 13.2. The fraction of sp³-hybridized carbons (Fsp3) is 0.429. The summed E-state index contributed by atoms with van der Waals surface area (Å²) in [5, 5.41) is 2.44. The van der Waals surface area contributed by atoms with Gasteiger partial charge in [0.05, 0.1) is 17.1 Å². The number of hydrogen-bond acceptors (Lipinski definition) is 1. The topological polar surface area (TPSA) is 26.1 Å². The quantitative estimate of drug-likeness (QED) is 0.520. The van der Waals surface area contributed by atoms with Gasteiger partial charge >= 0.3 is 5.56 Å². The average Bonchev–Trinajstić information content (AvgIpc) is 2.60. The van der Waals surface area contributed by atoms with Crippen LogP contribution in [0.2, 0.25) is 0 Å². The first-order valence-corrected chi connectivity index (χ1v) is 8.89. The van der Waals surface area contributed by atoms with E-state index in [0.29, 0.717) is 0 Å². The van der Waals surface area contributed by atoms with Gasteiger partial charge in [0.15, 0.2) is 0 Å². The molecule has 4 rings (SSSR count). The molecule has 1 aromatic carbocycles. The molecule has 0 amide bonds. The zero-order valence-electron chi connectivity index (χ0n) is 15.2. The third-order valence-electron chi connectivity index (χ3n) is 6.74. The summed E-state index contributed by atoms with van der Waals surface area (Å²) in [5.74, 6) is 0. The number of hydrogen-bond donors (Lipinski definition) is 0. The first kappa shape index (κ1) is 15.4. The molecular weight excluding hydrogens is 296 g/mol. The molecule has 1 aliphatic heterocycles. The number of nitrogens with zero attached hydrogens (tertiary/aromatic N) is 2. The van der Waals surface area contributed by atoms with E-state index >= 15 is 0 Å². The SMILES string of the molecule is CCC1(C)c2cccc3cc[n+]4cc(C)c(=O)n(c4c23)C1(C)CC. The summed E-state index contributed by atoms with van der Waals surface area (Å²) in [5.41, 5.74) is 3.01. The summed E-state index contributed by atoms with van der Waals surface area (Å²) in [6, 6.07) is 8.72. The zero-order valence-corrected chi connectivity index (χ0v) is 15.2. The molecule has 0 radical (unpaired) electrons. The Hall–Kier alpha value is -2.16. The fourth-order valence-corrected chi connectivity index (χ4v) is 4.76. The van der Waals surface area contributed by atoms with Crippen LogP contribution in [-0.4, -0.2) is 4.57 Å². The van der Waals surface area contributed by atoms with Crippen molar-refractivity contribution in [2.24, 2.45) is 0 Å². The highest BCUT2D eigenvalue weighted by atomic mass is 16.1. The van der Waals surface area contributed by atoms with Gasteiger partial charge in [0.1, 0.15) is 11.7 Å². The smallest absolute Gasteiger partial charge is 0.241 e. The van der Waals surface area contributed by atoms with Gasteiger partial charge in [-0.2, -0.15) is 4.57 Å². The van der Waals surface area contributed by atoms with E-state index in [2.05, 4.69) is 67.1 Å². The second kappa shape index (κ2) is 4.69. The van der Waals surface area contributed by atoms with Gasteiger partial charge in [0.25, 0.3) is 5.65 Å². The van der Waals surface area contributed by atoms with Crippen molar-refractivity contribution in [3.63, 3.8) is 0 Å². The lowest BCUT2D eigenvalue weighted by Gasteiger charge is -2.47. The highest BCUT2D eigenvalue weighted by molar-refractivity contribution is 5.97. The van der Waals surface area contributed by atoms with Crippen LogP contribution in [-0.2, 0) is 11.0 Å². The maximum Gasteiger partial charge on any atom is 0.341 e. The Morgan fingerprint density at radius 3 is 2.54 bits per heavy atom. The van der Waals surface area contributed by atoms with Crippen molar-refractivity contribution in [1.82, 2.24) is 4.57 Å². The number of benzene rings is 1. The van der Waals surface area contributed by atoms with Crippen molar-refractivity contribution in [1.29, 1.82) is 0 Å². The van der Waals surface area contributed by atoms with Gasteiger partial charge in [-0.1, -0.05) is 39.0 Å². The Morgan fingerprint density at radius 1 is 1.12 bits per heavy atom. The summed E-state index contributed by atoms with van der Waals surface area (Å²) in [6.07, 6.45) is 5.96. The number of rotatable bonds is 2. The largest absolute Gasteiger partial charge is 0.341 e. The monoisotopic (exact) mass is 321 g/mol. The highest BCUT2D eigenvalue weighted by Gasteiger charge is 2.54. The maximum atomic E-state index is 13.2. The van der Waals surface area contributed by atoms with Gasteiger partial charge in [0.2, 0.25) is 0 Å². The molecule has 3 heterocycles. The minimum absolute atomic E-state index is 0.0826. The van der Waals surface area contributed by atoms with Crippen LogP contribution >= 0.6 is 0 Å². The van der Waals surface area contributed by atoms with Crippen LogP contribution in [0.3, 0.4) is 0 Å². The molecule has 0 saturated carbocycles. The first-order chi connectivity index (χ1) is 11.4. The lowest BCUT2D eigenvalue weighted by atomic mass is 9.62. The molecule has 2 atom stereocenters. The van der Waals surface area contributed by atoms with Crippen molar-refractivity contribution in [2.75, 3.05) is 0 Å². The van der Waals surface area contributed by atoms with Gasteiger partial charge < -0.3 is 0 Å². The first-order valence-electron chi connectivity index (χ1n) is 8.89. The maximum absolute atomic E-state index is 13.2. The average molecular weight is 321 g/mol. The van der Waals surface area contributed by atoms with Crippen LogP contribution in [0.1, 0.15) is 51.7 Å². The predicted octanol–water partition coefficient (Wildman–Crippen LogP) is 3.86. The van der Waals surface area contributed by atoms with Crippen LogP contribution in [0.25, 0.3) is 16.4 Å². The Balaban J connectivity index is 2.41. The van der Waals surface area contributed by atoms with Gasteiger partial charge in [-0.25, -0.2) is 9.20 Å². The standard InChI is InChI=1S/C21H25N2O/c1-6-20(4)16-10-8-9-15-11-12-22-13-14(3)19(24)23(18(22)17(15)16)21(20,5)7-2/h8-13H,6-7H2,1-5H3/q+1. The number of pyridine rings is 1. The van der Waals surface area contributed by atoms with Crippen LogP contribution < -0.4 is 9.96 Å². The Morgan fingerprint density at radius 2 is 1.88 bits per heavy atom. The van der Waals surface area contributed by atoms with E-state index in [9.17, 15) is 4.79 Å². The lowest BCUT2D eigenvalue weighted by molar-refractivity contribution is -0.516. The molecule has 1 aliphatic rings. The minimum Gasteiger partial charge on any atom is -0.241 e. The van der Waals surface area contributed by atoms with Crippen LogP contribution in [0.4, 0.5) is 0 Å². The Kier molecular flexibility index (Phi) is 3.00. The third kappa shape index (κ3) is 1.53. The number of aromatic nitrogens is 2. The zero-order chi connectivity index (χ0) is 17.3. The molecule has 3 nitrogen and oxygen atoms in total. The lowest BCUT2D eigenvalue weighted by Crippen LogP contribution is -2.57. The van der Waals surface area contributed by atoms with E-state index in [1.54, 1.807) is 0 Å². The van der Waals surface area contributed by atoms with E-state index in [1.807, 2.05) is 13.1 Å². The van der Waals surface area contributed by atoms with Crippen molar-refractivity contribution >= 4 is 16.4 Å². The fourth-order valence-electron chi connectivity index (χ4n) is 4.76. The molecule has 0 N–H and O–H groups in total. The van der Waals surface area contributed by atoms with Crippen molar-refractivity contribution in [3.8, 4) is 0 Å². The van der Waals surface area contributed by atoms with E-state index in [1.165, 1.54) is 16.3 Å². The molecule has 3 heteroatoms. The molecule has 0 spiro atoms. The van der Waals surface area contributed by atoms with Gasteiger partial charge in [-0.3, -0.25) is 0 Å². The summed E-state index contributed by atoms with van der Waals surface area (Å²) in [6.45, 7) is 10.9. The van der Waals surface area contributed by atoms with Gasteiger partial charge in [0, 0.05) is 5.41 Å². The molecule has 0 aliphatic carbocycles. The van der Waals surface area contributed by atoms with Crippen molar-refractivity contribution < 1.29 is 4.40 Å². The van der Waals surface area contributed by atoms with Crippen LogP contribution in [0.15, 0.2) is 41.5 Å². The van der Waals surface area contributed by atoms with E-state index in [4.69, 9.17) is 0 Å². The van der Waals surface area contributed by atoms with E-state index in [-0.39, 0.29) is 16.5 Å². The van der Waals surface area contributed by atoms with E-state index < -0.39 is 0 Å². The Labute approximate surface area is 142 Å². The second-order valence-corrected chi connectivity index (χ2v) is 7.58. The molecule has 0 bridgehead atoms. The van der Waals surface area contributed by atoms with E-state index in [0.717, 1.165) is 24.1 Å². The third-order valence-corrected chi connectivity index (χ3v) is 6.74. The summed E-state index contributed by atoms with van der Waals surface area (Å²) < 4.78 is 4.22. The van der Waals surface area contributed by atoms with Crippen LogP contribution in [0.5, 0.6) is 0 Å². The summed E-state index contributed by atoms with van der Waals surface area (Å²) in [7, 11) is 0. The number of aryl methyl sites for hydroxylation is 1. The normalized spacial score (nSPS) is 25.7. The van der Waals surface area contributed by atoms with Gasteiger partial charge in [-0.05, 0) is 43.7 Å². The molecule has 3 aromatic rings. The minimum atomic E-state index is -0.251. The van der Waals surface area contributed by atoms with Crippen molar-refractivity contribution in [2.45, 2.75) is 58.4 Å². The molecule has 0 fully saturated rings. The van der Waals surface area contributed by atoms with Crippen molar-refractivity contribution in [3.05, 3.63) is 58.1 Å².